The number of hydrogen-bond donors (Lipinski definition) is 0. The molecule has 0 saturated heterocycles. The van der Waals surface area contributed by atoms with Crippen LogP contribution >= 0.6 is 0 Å². The van der Waals surface area contributed by atoms with Gasteiger partial charge in [-0.15, -0.1) is 0 Å². The summed E-state index contributed by atoms with van der Waals surface area (Å²) in [6.07, 6.45) is 0. The van der Waals surface area contributed by atoms with Crippen LogP contribution in [0.5, 0.6) is 0 Å². The van der Waals surface area contributed by atoms with Crippen LogP contribution in [-0.4, -0.2) is 0 Å². The first-order chi connectivity index (χ1) is 28.4. The Morgan fingerprint density at radius 2 is 0.741 bits per heavy atom. The minimum Gasteiger partial charge on any atom is -0.310 e. The molecule has 0 saturated carbocycles. The molecule has 0 radical (unpaired) electrons. The molecule has 10 aromatic carbocycles. The third-order valence-electron chi connectivity index (χ3n) is 12.0. The van der Waals surface area contributed by atoms with Crippen molar-refractivity contribution in [1.29, 1.82) is 0 Å². The predicted octanol–water partition coefficient (Wildman–Crippen LogP) is 16.1. The molecule has 58 heavy (non-hydrogen) atoms. The highest BCUT2D eigenvalue weighted by Gasteiger charge is 2.26. The van der Waals surface area contributed by atoms with E-state index in [1.54, 1.807) is 0 Å². The van der Waals surface area contributed by atoms with Crippen LogP contribution < -0.4 is 9.80 Å². The lowest BCUT2D eigenvalue weighted by Gasteiger charge is -2.32. The van der Waals surface area contributed by atoms with Crippen molar-refractivity contribution >= 4 is 66.4 Å². The number of anilines is 6. The Hall–Kier alpha value is -7.16. The molecule has 0 amide bonds. The molecule has 0 spiro atoms. The van der Waals surface area contributed by atoms with Crippen LogP contribution in [-0.2, 0) is 5.41 Å². The molecule has 0 unspecified atom stereocenters. The number of nitrogens with zero attached hydrogens (tertiary/aromatic N) is 2. The number of rotatable bonds is 2. The van der Waals surface area contributed by atoms with E-state index in [4.69, 9.17) is 0 Å². The molecule has 1 aliphatic heterocycles. The second-order valence-corrected chi connectivity index (χ2v) is 16.6. The molecule has 0 aromatic heterocycles. The summed E-state index contributed by atoms with van der Waals surface area (Å²) in [6, 6.07) is 74.3. The van der Waals surface area contributed by atoms with E-state index < -0.39 is 0 Å². The third kappa shape index (κ3) is 5.48. The van der Waals surface area contributed by atoms with Gasteiger partial charge in [-0.25, -0.2) is 0 Å². The van der Waals surface area contributed by atoms with E-state index in [9.17, 15) is 0 Å². The van der Waals surface area contributed by atoms with Crippen LogP contribution in [0.25, 0.3) is 65.7 Å². The number of hydrogen-bond acceptors (Lipinski definition) is 2. The smallest absolute Gasteiger partial charge is 0.0561 e. The summed E-state index contributed by atoms with van der Waals surface area (Å²) in [5.74, 6) is 0. The normalized spacial score (nSPS) is 12.7. The summed E-state index contributed by atoms with van der Waals surface area (Å²) in [4.78, 5) is 4.94. The Labute approximate surface area is 340 Å². The lowest BCUT2D eigenvalue weighted by atomic mass is 9.83. The van der Waals surface area contributed by atoms with E-state index in [0.717, 1.165) is 34.1 Å². The topological polar surface area (TPSA) is 6.48 Å². The summed E-state index contributed by atoms with van der Waals surface area (Å²) in [6.45, 7) is 6.92. The Morgan fingerprint density at radius 1 is 0.328 bits per heavy atom. The number of fused-ring (bicyclic) bond motifs is 13. The molecule has 1 heterocycles. The highest BCUT2D eigenvalue weighted by molar-refractivity contribution is 6.29. The fraction of sp³-hybridized carbons (Fsp3) is 0.0714. The van der Waals surface area contributed by atoms with Crippen molar-refractivity contribution in [3.8, 4) is 33.4 Å². The summed E-state index contributed by atoms with van der Waals surface area (Å²) in [7, 11) is 0. The lowest BCUT2D eigenvalue weighted by molar-refractivity contribution is 0.591. The van der Waals surface area contributed by atoms with Gasteiger partial charge in [-0.05, 0) is 115 Å². The first kappa shape index (κ1) is 34.1. The standard InChI is InChI=1S/C56H42N2/c1-56(2,3)41-32-39-28-30-50-52-36-53(51-31-29-40(33-41)54(39)55(50)51)58(43-20-8-5-9-21-43)45-23-15-17-38(35-45)47-25-11-13-27-49(47)48-26-12-10-24-46(48)37-16-14-22-44(34-37)57(52)42-18-6-4-7-19-42/h4-36H,1-3H3. The summed E-state index contributed by atoms with van der Waals surface area (Å²) >= 11 is 0. The Balaban J connectivity index is 1.34. The van der Waals surface area contributed by atoms with Crippen LogP contribution in [0, 0.1) is 0 Å². The van der Waals surface area contributed by atoms with E-state index in [0.29, 0.717) is 0 Å². The van der Waals surface area contributed by atoms with Crippen LogP contribution in [0.4, 0.5) is 34.1 Å². The van der Waals surface area contributed by atoms with Crippen LogP contribution in [0.1, 0.15) is 26.3 Å². The van der Waals surface area contributed by atoms with Crippen LogP contribution in [0.15, 0.2) is 200 Å². The molecule has 11 rings (SSSR count). The summed E-state index contributed by atoms with van der Waals surface area (Å²) in [5, 5.41) is 7.54. The zero-order chi connectivity index (χ0) is 39.0. The fourth-order valence-corrected chi connectivity index (χ4v) is 9.25. The quantitative estimate of drug-likeness (QED) is 0.163. The largest absolute Gasteiger partial charge is 0.310 e. The SMILES string of the molecule is CC(C)(C)c1cc2ccc3c4cc(c5ccc(c1)c2c35)N(c1ccccc1)c1cccc(c1)-c1ccccc1-c1ccccc1-c1cccc(c1)N4c1ccccc1. The Kier molecular flexibility index (Phi) is 7.78. The van der Waals surface area contributed by atoms with Gasteiger partial charge < -0.3 is 9.80 Å². The molecular formula is C56H42N2. The second-order valence-electron chi connectivity index (χ2n) is 16.6. The van der Waals surface area contributed by atoms with Crippen LogP contribution in [0.2, 0.25) is 0 Å². The molecular weight excluding hydrogens is 701 g/mol. The third-order valence-corrected chi connectivity index (χ3v) is 12.0. The van der Waals surface area contributed by atoms with Gasteiger partial charge in [-0.1, -0.05) is 166 Å². The van der Waals surface area contributed by atoms with E-state index in [2.05, 4.69) is 231 Å². The van der Waals surface area contributed by atoms with Crippen LogP contribution in [0.3, 0.4) is 0 Å². The van der Waals surface area contributed by atoms with Crippen molar-refractivity contribution in [2.45, 2.75) is 26.2 Å². The summed E-state index contributed by atoms with van der Waals surface area (Å²) < 4.78 is 0. The minimum atomic E-state index is 0.0198. The first-order valence-electron chi connectivity index (χ1n) is 20.3. The van der Waals surface area contributed by atoms with Crippen molar-refractivity contribution in [3.63, 3.8) is 0 Å². The molecule has 0 fully saturated rings. The van der Waals surface area contributed by atoms with Gasteiger partial charge in [0.25, 0.3) is 0 Å². The molecule has 0 atom stereocenters. The molecule has 2 nitrogen and oxygen atoms in total. The second kappa shape index (κ2) is 13.2. The van der Waals surface area contributed by atoms with E-state index in [-0.39, 0.29) is 5.41 Å². The van der Waals surface area contributed by atoms with E-state index >= 15 is 0 Å². The average molecular weight is 743 g/mol. The minimum absolute atomic E-state index is 0.0198. The van der Waals surface area contributed by atoms with Gasteiger partial charge in [0.1, 0.15) is 0 Å². The zero-order valence-electron chi connectivity index (χ0n) is 32.9. The molecule has 1 aliphatic rings. The van der Waals surface area contributed by atoms with Gasteiger partial charge in [0.05, 0.1) is 11.4 Å². The first-order valence-corrected chi connectivity index (χ1v) is 20.3. The van der Waals surface area contributed by atoms with Gasteiger partial charge in [-0.3, -0.25) is 0 Å². The highest BCUT2D eigenvalue weighted by Crippen LogP contribution is 2.52. The van der Waals surface area contributed by atoms with E-state index in [1.807, 2.05) is 0 Å². The van der Waals surface area contributed by atoms with Crippen molar-refractivity contribution in [2.75, 3.05) is 9.80 Å². The van der Waals surface area contributed by atoms with Gasteiger partial charge in [0, 0.05) is 38.9 Å². The molecule has 6 bridgehead atoms. The average Bonchev–Trinajstić information content (AvgIpc) is 3.26. The van der Waals surface area contributed by atoms with Gasteiger partial charge in [0.2, 0.25) is 0 Å². The number of para-hydroxylation sites is 2. The van der Waals surface area contributed by atoms with Crippen molar-refractivity contribution < 1.29 is 0 Å². The monoisotopic (exact) mass is 742 g/mol. The Morgan fingerprint density at radius 3 is 1.19 bits per heavy atom. The fourth-order valence-electron chi connectivity index (χ4n) is 9.25. The maximum Gasteiger partial charge on any atom is 0.0561 e. The maximum absolute atomic E-state index is 2.47. The molecule has 0 N–H and O–H groups in total. The van der Waals surface area contributed by atoms with E-state index in [1.165, 1.54) is 71.3 Å². The van der Waals surface area contributed by atoms with Crippen molar-refractivity contribution in [2.24, 2.45) is 0 Å². The lowest BCUT2D eigenvalue weighted by Crippen LogP contribution is -2.15. The molecule has 276 valence electrons. The van der Waals surface area contributed by atoms with Gasteiger partial charge in [0.15, 0.2) is 0 Å². The zero-order valence-corrected chi connectivity index (χ0v) is 32.9. The number of benzene rings is 10. The molecule has 10 aromatic rings. The molecule has 2 heteroatoms. The van der Waals surface area contributed by atoms with Crippen molar-refractivity contribution in [3.05, 3.63) is 206 Å². The van der Waals surface area contributed by atoms with Crippen molar-refractivity contribution in [1.82, 2.24) is 0 Å². The van der Waals surface area contributed by atoms with Gasteiger partial charge >= 0.3 is 0 Å². The highest BCUT2D eigenvalue weighted by atomic mass is 15.2. The maximum atomic E-state index is 2.47. The Bertz CT molecular complexity index is 2960. The predicted molar refractivity (Wildman–Crippen MR) is 248 cm³/mol. The summed E-state index contributed by atoms with van der Waals surface area (Å²) in [5.41, 5.74) is 15.2. The van der Waals surface area contributed by atoms with Gasteiger partial charge in [-0.2, -0.15) is 0 Å². The molecule has 0 aliphatic carbocycles.